The maximum absolute atomic E-state index is 5.93. The number of nitrogens with two attached hydrogens (primary N) is 1. The van der Waals surface area contributed by atoms with Crippen LogP contribution in [0.3, 0.4) is 0 Å². The highest BCUT2D eigenvalue weighted by atomic mass is 32.2. The van der Waals surface area contributed by atoms with E-state index in [1.807, 2.05) is 6.26 Å². The Morgan fingerprint density at radius 3 is 2.81 bits per heavy atom. The fourth-order valence-corrected chi connectivity index (χ4v) is 2.49. The van der Waals surface area contributed by atoms with Crippen LogP contribution >= 0.6 is 23.5 Å². The fraction of sp³-hybridized carbons (Fsp3) is 0.273. The second-order valence-electron chi connectivity index (χ2n) is 3.06. The summed E-state index contributed by atoms with van der Waals surface area (Å²) in [5.41, 5.74) is 7.64. The van der Waals surface area contributed by atoms with Gasteiger partial charge in [-0.1, -0.05) is 24.8 Å². The number of nitrogen functional groups attached to an aromatic ring is 1. The van der Waals surface area contributed by atoms with Crippen LogP contribution in [0.2, 0.25) is 0 Å². The molecule has 1 heterocycles. The Bertz CT molecular complexity index is 391. The number of anilines is 1. The molecule has 0 fully saturated rings. The molecule has 0 saturated carbocycles. The van der Waals surface area contributed by atoms with E-state index >= 15 is 0 Å². The third-order valence-corrected chi connectivity index (χ3v) is 3.67. The molecule has 5 heteroatoms. The lowest BCUT2D eigenvalue weighted by Gasteiger charge is -2.06. The first-order valence-corrected chi connectivity index (χ1v) is 6.97. The summed E-state index contributed by atoms with van der Waals surface area (Å²) >= 11 is 3.15. The second kappa shape index (κ2) is 6.60. The van der Waals surface area contributed by atoms with Gasteiger partial charge in [-0.3, -0.25) is 0 Å². The van der Waals surface area contributed by atoms with Gasteiger partial charge in [-0.05, 0) is 12.7 Å². The molecule has 3 nitrogen and oxygen atoms in total. The summed E-state index contributed by atoms with van der Waals surface area (Å²) in [6, 6.07) is 0. The molecule has 0 radical (unpaired) electrons. The Morgan fingerprint density at radius 2 is 2.19 bits per heavy atom. The number of thioether (sulfide) groups is 2. The van der Waals surface area contributed by atoms with Crippen molar-refractivity contribution in [1.82, 2.24) is 9.97 Å². The topological polar surface area (TPSA) is 51.8 Å². The van der Waals surface area contributed by atoms with Crippen LogP contribution in [-0.2, 0) is 0 Å². The molecular formula is C11H15N3S2. The quantitative estimate of drug-likeness (QED) is 0.480. The van der Waals surface area contributed by atoms with Crippen LogP contribution in [-0.4, -0.2) is 22.0 Å². The van der Waals surface area contributed by atoms with Gasteiger partial charge in [-0.15, -0.1) is 23.5 Å². The van der Waals surface area contributed by atoms with Gasteiger partial charge >= 0.3 is 0 Å². The maximum Gasteiger partial charge on any atom is 0.124 e. The molecule has 0 amide bonds. The minimum absolute atomic E-state index is 0.671. The van der Waals surface area contributed by atoms with Crippen LogP contribution in [0.15, 0.2) is 41.2 Å². The molecule has 0 unspecified atom stereocenters. The van der Waals surface area contributed by atoms with Crippen LogP contribution in [0.1, 0.15) is 6.42 Å². The number of nitrogens with zero attached hydrogens (tertiary/aromatic N) is 2. The van der Waals surface area contributed by atoms with Gasteiger partial charge in [0.25, 0.3) is 0 Å². The predicted molar refractivity (Wildman–Crippen MR) is 72.9 cm³/mol. The van der Waals surface area contributed by atoms with Crippen molar-refractivity contribution in [1.29, 1.82) is 0 Å². The zero-order chi connectivity index (χ0) is 12.0. The van der Waals surface area contributed by atoms with Gasteiger partial charge in [0.15, 0.2) is 0 Å². The molecule has 0 aliphatic rings. The lowest BCUT2D eigenvalue weighted by atomic mass is 10.2. The minimum atomic E-state index is 0.671. The van der Waals surface area contributed by atoms with E-state index in [0.29, 0.717) is 5.69 Å². The van der Waals surface area contributed by atoms with Crippen molar-refractivity contribution in [3.63, 3.8) is 0 Å². The first-order chi connectivity index (χ1) is 7.69. The molecule has 1 aromatic rings. The van der Waals surface area contributed by atoms with Crippen LogP contribution in [0.25, 0.3) is 0 Å². The maximum atomic E-state index is 5.93. The Morgan fingerprint density at radius 1 is 1.50 bits per heavy atom. The monoisotopic (exact) mass is 253 g/mol. The van der Waals surface area contributed by atoms with Gasteiger partial charge in [-0.2, -0.15) is 0 Å². The summed E-state index contributed by atoms with van der Waals surface area (Å²) in [4.78, 5) is 8.26. The van der Waals surface area contributed by atoms with E-state index in [0.717, 1.165) is 27.8 Å². The lowest BCUT2D eigenvalue weighted by molar-refractivity contribution is 0.975. The molecular weight excluding hydrogens is 238 g/mol. The lowest BCUT2D eigenvalue weighted by Crippen LogP contribution is -1.97. The van der Waals surface area contributed by atoms with Gasteiger partial charge in [0.2, 0.25) is 0 Å². The normalized spacial score (nSPS) is 10.1. The number of hydrogen-bond acceptors (Lipinski definition) is 5. The summed E-state index contributed by atoms with van der Waals surface area (Å²) in [7, 11) is 0. The molecule has 0 aliphatic carbocycles. The van der Waals surface area contributed by atoms with E-state index in [2.05, 4.69) is 23.1 Å². The Balaban J connectivity index is 2.60. The van der Waals surface area contributed by atoms with Crippen LogP contribution in [0.4, 0.5) is 5.69 Å². The predicted octanol–water partition coefficient (Wildman–Crippen LogP) is 3.01. The number of aromatic nitrogens is 2. The highest BCUT2D eigenvalue weighted by Crippen LogP contribution is 2.29. The largest absolute Gasteiger partial charge is 0.394 e. The third-order valence-electron chi connectivity index (χ3n) is 1.95. The molecule has 86 valence electrons. The van der Waals surface area contributed by atoms with E-state index in [9.17, 15) is 0 Å². The van der Waals surface area contributed by atoms with Gasteiger partial charge in [0.05, 0.1) is 5.69 Å². The van der Waals surface area contributed by atoms with Crippen molar-refractivity contribution in [2.75, 3.05) is 17.7 Å². The third kappa shape index (κ3) is 3.57. The van der Waals surface area contributed by atoms with Gasteiger partial charge in [-0.25, -0.2) is 9.97 Å². The first kappa shape index (κ1) is 13.1. The molecule has 0 atom stereocenters. The van der Waals surface area contributed by atoms with Crippen molar-refractivity contribution in [3.8, 4) is 0 Å². The number of hydrogen-bond donors (Lipinski definition) is 1. The highest BCUT2D eigenvalue weighted by Gasteiger charge is 2.07. The van der Waals surface area contributed by atoms with E-state index in [1.165, 1.54) is 11.8 Å². The zero-order valence-corrected chi connectivity index (χ0v) is 10.9. The number of allylic oxidation sites excluding steroid dienone is 2. The first-order valence-electron chi connectivity index (χ1n) is 4.76. The van der Waals surface area contributed by atoms with Crippen molar-refractivity contribution in [2.24, 2.45) is 0 Å². The van der Waals surface area contributed by atoms with Crippen molar-refractivity contribution in [3.05, 3.63) is 31.1 Å². The average molecular weight is 253 g/mol. The van der Waals surface area contributed by atoms with E-state index in [1.54, 1.807) is 24.2 Å². The smallest absolute Gasteiger partial charge is 0.124 e. The summed E-state index contributed by atoms with van der Waals surface area (Å²) in [6.07, 6.45) is 6.17. The minimum Gasteiger partial charge on any atom is -0.394 e. The second-order valence-corrected chi connectivity index (χ2v) is 4.94. The van der Waals surface area contributed by atoms with Crippen LogP contribution < -0.4 is 5.73 Å². The molecule has 16 heavy (non-hydrogen) atoms. The SMILES string of the molecule is C=CC(=C)CCSc1ncnc(SC)c1N. The van der Waals surface area contributed by atoms with Crippen molar-refractivity contribution < 1.29 is 0 Å². The van der Waals surface area contributed by atoms with Crippen LogP contribution in [0, 0.1) is 0 Å². The average Bonchev–Trinajstić information content (AvgIpc) is 2.31. The van der Waals surface area contributed by atoms with E-state index < -0.39 is 0 Å². The molecule has 0 spiro atoms. The standard InChI is InChI=1S/C11H15N3S2/c1-4-8(2)5-6-16-11-9(12)10(15-3)13-7-14-11/h4,7H,1-2,5-6,12H2,3H3. The Labute approximate surface area is 105 Å². The van der Waals surface area contributed by atoms with Gasteiger partial charge in [0.1, 0.15) is 16.4 Å². The van der Waals surface area contributed by atoms with Crippen molar-refractivity contribution >= 4 is 29.2 Å². The Hall–Kier alpha value is -0.940. The fourth-order valence-electron chi connectivity index (χ4n) is 1.02. The molecule has 1 aromatic heterocycles. The molecule has 0 aromatic carbocycles. The van der Waals surface area contributed by atoms with Gasteiger partial charge in [0, 0.05) is 5.75 Å². The number of rotatable bonds is 6. The Kier molecular flexibility index (Phi) is 5.42. The van der Waals surface area contributed by atoms with Crippen LogP contribution in [0.5, 0.6) is 0 Å². The molecule has 0 bridgehead atoms. The van der Waals surface area contributed by atoms with Crippen molar-refractivity contribution in [2.45, 2.75) is 16.5 Å². The molecule has 2 N–H and O–H groups in total. The molecule has 0 aliphatic heterocycles. The summed E-state index contributed by atoms with van der Waals surface area (Å²) in [5, 5.41) is 1.68. The van der Waals surface area contributed by atoms with E-state index in [-0.39, 0.29) is 0 Å². The zero-order valence-electron chi connectivity index (χ0n) is 9.27. The summed E-state index contributed by atoms with van der Waals surface area (Å²) < 4.78 is 0. The molecule has 0 saturated heterocycles. The van der Waals surface area contributed by atoms with E-state index in [4.69, 9.17) is 5.73 Å². The molecule has 1 rings (SSSR count). The highest BCUT2D eigenvalue weighted by molar-refractivity contribution is 8.00. The van der Waals surface area contributed by atoms with Gasteiger partial charge < -0.3 is 5.73 Å². The summed E-state index contributed by atoms with van der Waals surface area (Å²) in [5.74, 6) is 0.903. The summed E-state index contributed by atoms with van der Waals surface area (Å²) in [6.45, 7) is 7.53.